The predicted molar refractivity (Wildman–Crippen MR) is 69.0 cm³/mol. The first-order chi connectivity index (χ1) is 7.79. The summed E-state index contributed by atoms with van der Waals surface area (Å²) in [5.41, 5.74) is 0.975. The van der Waals surface area contributed by atoms with Gasteiger partial charge in [-0.05, 0) is 28.1 Å². The number of para-hydroxylation sites is 1. The summed E-state index contributed by atoms with van der Waals surface area (Å²) in [5, 5.41) is 6.17. The zero-order valence-corrected chi connectivity index (χ0v) is 10.3. The van der Waals surface area contributed by atoms with Crippen molar-refractivity contribution in [3.63, 3.8) is 0 Å². The highest BCUT2D eigenvalue weighted by Gasteiger charge is 2.00. The van der Waals surface area contributed by atoms with Crippen LogP contribution < -0.4 is 10.6 Å². The maximum Gasteiger partial charge on any atom is 0.135 e. The van der Waals surface area contributed by atoms with E-state index < -0.39 is 0 Å². The first-order valence-electron chi connectivity index (χ1n) is 4.81. The van der Waals surface area contributed by atoms with Gasteiger partial charge in [0.25, 0.3) is 0 Å². The highest BCUT2D eigenvalue weighted by Crippen LogP contribution is 2.24. The molecule has 0 bridgehead atoms. The Hall–Kier alpha value is -1.62. The fourth-order valence-corrected chi connectivity index (χ4v) is 1.65. The van der Waals surface area contributed by atoms with Gasteiger partial charge in [-0.15, -0.1) is 0 Å². The van der Waals surface area contributed by atoms with Crippen molar-refractivity contribution in [1.29, 1.82) is 0 Å². The zero-order chi connectivity index (χ0) is 11.4. The Labute approximate surface area is 102 Å². The molecule has 16 heavy (non-hydrogen) atoms. The summed E-state index contributed by atoms with van der Waals surface area (Å²) in [5.74, 6) is 1.54. The van der Waals surface area contributed by atoms with E-state index in [0.29, 0.717) is 0 Å². The second-order valence-corrected chi connectivity index (χ2v) is 4.00. The minimum absolute atomic E-state index is 0.756. The van der Waals surface area contributed by atoms with Gasteiger partial charge in [0, 0.05) is 17.6 Å². The number of nitrogens with one attached hydrogen (secondary N) is 2. The minimum Gasteiger partial charge on any atom is -0.373 e. The van der Waals surface area contributed by atoms with E-state index in [2.05, 4.69) is 36.5 Å². The van der Waals surface area contributed by atoms with Crippen molar-refractivity contribution in [2.75, 3.05) is 17.7 Å². The van der Waals surface area contributed by atoms with Gasteiger partial charge in [0.1, 0.15) is 18.0 Å². The largest absolute Gasteiger partial charge is 0.373 e. The number of anilines is 3. The van der Waals surface area contributed by atoms with E-state index in [0.717, 1.165) is 21.8 Å². The predicted octanol–water partition coefficient (Wildman–Crippen LogP) is 3.02. The second-order valence-electron chi connectivity index (χ2n) is 3.14. The van der Waals surface area contributed by atoms with E-state index in [9.17, 15) is 0 Å². The molecule has 0 spiro atoms. The number of aromatic nitrogens is 2. The molecule has 0 atom stereocenters. The molecule has 0 unspecified atom stereocenters. The molecule has 82 valence electrons. The monoisotopic (exact) mass is 278 g/mol. The van der Waals surface area contributed by atoms with Gasteiger partial charge in [0.15, 0.2) is 0 Å². The van der Waals surface area contributed by atoms with Gasteiger partial charge < -0.3 is 10.6 Å². The molecule has 1 aromatic carbocycles. The van der Waals surface area contributed by atoms with Crippen LogP contribution in [-0.2, 0) is 0 Å². The van der Waals surface area contributed by atoms with Crippen molar-refractivity contribution < 1.29 is 0 Å². The third kappa shape index (κ3) is 2.49. The molecule has 0 radical (unpaired) electrons. The molecule has 0 fully saturated rings. The van der Waals surface area contributed by atoms with Crippen molar-refractivity contribution in [3.05, 3.63) is 41.1 Å². The summed E-state index contributed by atoms with van der Waals surface area (Å²) >= 11 is 3.47. The van der Waals surface area contributed by atoms with Crippen LogP contribution in [0.1, 0.15) is 0 Å². The van der Waals surface area contributed by atoms with E-state index >= 15 is 0 Å². The number of nitrogens with zero attached hydrogens (tertiary/aromatic N) is 2. The number of hydrogen-bond acceptors (Lipinski definition) is 4. The van der Waals surface area contributed by atoms with Crippen LogP contribution in [0, 0.1) is 0 Å². The lowest BCUT2D eigenvalue weighted by atomic mass is 10.3. The molecule has 2 N–H and O–H groups in total. The third-order valence-electron chi connectivity index (χ3n) is 2.06. The van der Waals surface area contributed by atoms with E-state index in [4.69, 9.17) is 0 Å². The summed E-state index contributed by atoms with van der Waals surface area (Å²) in [7, 11) is 1.82. The van der Waals surface area contributed by atoms with Crippen LogP contribution in [0.15, 0.2) is 41.1 Å². The summed E-state index contributed by atoms with van der Waals surface area (Å²) in [6.07, 6.45) is 1.52. The maximum absolute atomic E-state index is 4.14. The Morgan fingerprint density at radius 2 is 1.88 bits per heavy atom. The van der Waals surface area contributed by atoms with Gasteiger partial charge in [0.05, 0.1) is 5.69 Å². The van der Waals surface area contributed by atoms with E-state index in [-0.39, 0.29) is 0 Å². The summed E-state index contributed by atoms with van der Waals surface area (Å²) in [6.45, 7) is 0. The molecule has 4 nitrogen and oxygen atoms in total. The SMILES string of the molecule is CNc1cc(Nc2ccccc2Br)ncn1. The number of hydrogen-bond donors (Lipinski definition) is 2. The fraction of sp³-hybridized carbons (Fsp3) is 0.0909. The molecule has 1 heterocycles. The van der Waals surface area contributed by atoms with Crippen LogP contribution >= 0.6 is 15.9 Å². The first-order valence-corrected chi connectivity index (χ1v) is 5.60. The van der Waals surface area contributed by atoms with Gasteiger partial charge in [-0.3, -0.25) is 0 Å². The summed E-state index contributed by atoms with van der Waals surface area (Å²) in [6, 6.07) is 9.73. The van der Waals surface area contributed by atoms with Crippen molar-refractivity contribution >= 4 is 33.3 Å². The van der Waals surface area contributed by atoms with Gasteiger partial charge in [-0.25, -0.2) is 9.97 Å². The lowest BCUT2D eigenvalue weighted by Crippen LogP contribution is -1.98. The number of halogens is 1. The van der Waals surface area contributed by atoms with Crippen LogP contribution in [0.3, 0.4) is 0 Å². The van der Waals surface area contributed by atoms with E-state index in [1.54, 1.807) is 0 Å². The average Bonchev–Trinajstić information content (AvgIpc) is 2.32. The first kappa shape index (κ1) is 10.9. The molecule has 0 aliphatic carbocycles. The quantitative estimate of drug-likeness (QED) is 0.906. The normalized spacial score (nSPS) is 9.88. The smallest absolute Gasteiger partial charge is 0.135 e. The zero-order valence-electron chi connectivity index (χ0n) is 8.74. The third-order valence-corrected chi connectivity index (χ3v) is 2.75. The maximum atomic E-state index is 4.14. The lowest BCUT2D eigenvalue weighted by molar-refractivity contribution is 1.16. The highest BCUT2D eigenvalue weighted by atomic mass is 79.9. The van der Waals surface area contributed by atoms with E-state index in [1.807, 2.05) is 37.4 Å². The number of benzene rings is 1. The van der Waals surface area contributed by atoms with Crippen molar-refractivity contribution in [2.24, 2.45) is 0 Å². The van der Waals surface area contributed by atoms with Crippen LogP contribution in [0.4, 0.5) is 17.3 Å². The molecule has 0 saturated carbocycles. The van der Waals surface area contributed by atoms with Crippen molar-refractivity contribution in [1.82, 2.24) is 9.97 Å². The van der Waals surface area contributed by atoms with Crippen LogP contribution in [0.5, 0.6) is 0 Å². The topological polar surface area (TPSA) is 49.8 Å². The average molecular weight is 279 g/mol. The Kier molecular flexibility index (Phi) is 3.36. The van der Waals surface area contributed by atoms with Crippen molar-refractivity contribution in [3.8, 4) is 0 Å². The molecule has 5 heteroatoms. The summed E-state index contributed by atoms with van der Waals surface area (Å²) < 4.78 is 1.000. The van der Waals surface area contributed by atoms with Gasteiger partial charge >= 0.3 is 0 Å². The standard InChI is InChI=1S/C11H11BrN4/c1-13-10-6-11(15-7-14-10)16-9-5-3-2-4-8(9)12/h2-7H,1H3,(H2,13,14,15,16). The fourth-order valence-electron chi connectivity index (χ4n) is 1.26. The Balaban J connectivity index is 2.24. The van der Waals surface area contributed by atoms with E-state index in [1.165, 1.54) is 6.33 Å². The van der Waals surface area contributed by atoms with Crippen LogP contribution in [-0.4, -0.2) is 17.0 Å². The summed E-state index contributed by atoms with van der Waals surface area (Å²) in [4.78, 5) is 8.19. The van der Waals surface area contributed by atoms with Gasteiger partial charge in [-0.1, -0.05) is 12.1 Å². The second kappa shape index (κ2) is 4.94. The van der Waals surface area contributed by atoms with Gasteiger partial charge in [0.2, 0.25) is 0 Å². The minimum atomic E-state index is 0.756. The Morgan fingerprint density at radius 3 is 2.62 bits per heavy atom. The molecule has 0 aliphatic rings. The molecular weight excluding hydrogens is 268 g/mol. The molecule has 0 amide bonds. The lowest BCUT2D eigenvalue weighted by Gasteiger charge is -2.08. The van der Waals surface area contributed by atoms with Crippen LogP contribution in [0.2, 0.25) is 0 Å². The van der Waals surface area contributed by atoms with Gasteiger partial charge in [-0.2, -0.15) is 0 Å². The number of rotatable bonds is 3. The Morgan fingerprint density at radius 1 is 1.12 bits per heavy atom. The molecule has 2 rings (SSSR count). The van der Waals surface area contributed by atoms with Crippen molar-refractivity contribution in [2.45, 2.75) is 0 Å². The van der Waals surface area contributed by atoms with Crippen LogP contribution in [0.25, 0.3) is 0 Å². The molecule has 1 aromatic heterocycles. The molecule has 0 aliphatic heterocycles. The Bertz CT molecular complexity index is 487. The molecule has 2 aromatic rings. The molecular formula is C11H11BrN4. The molecule has 0 saturated heterocycles. The highest BCUT2D eigenvalue weighted by molar-refractivity contribution is 9.10.